The minimum atomic E-state index is -1.39. The lowest BCUT2D eigenvalue weighted by atomic mass is 10.0. The van der Waals surface area contributed by atoms with Crippen molar-refractivity contribution in [2.45, 2.75) is 6.92 Å². The lowest BCUT2D eigenvalue weighted by Gasteiger charge is -2.16. The molecule has 0 bridgehead atoms. The largest absolute Gasteiger partial charge is 0.478 e. The van der Waals surface area contributed by atoms with Crippen LogP contribution in [0.1, 0.15) is 69.1 Å². The molecular weight excluding hydrogens is 857 g/mol. The van der Waals surface area contributed by atoms with Gasteiger partial charge in [-0.05, 0) is 140 Å². The molecule has 336 valence electrons. The second-order valence-corrected chi connectivity index (χ2v) is 14.6. The standard InChI is InChI=1S/C51H42N6O10/c1-3-53-33-17-13-30(14-18-33)46(58)55-36-25-27-37(28-26-36)57-49(61)45-41(51(64)65)10-6-12-43(45)67-39-8-4-7-38(29-39)66-42-11-5-9-40(50(62)63)44(42)48(60)56-34-19-15-31(16-20-34)47(59)54-35-23-21-32(52-2)22-24-35/h4-29,52-53H,3H2,1-2H3,(H,54,59)(H,55,58)(H,56,60)(H,57,61)(H,62,63)(H,64,65). The Morgan fingerprint density at radius 1 is 0.433 bits per heavy atom. The maximum atomic E-state index is 13.8. The number of hydrogen-bond acceptors (Lipinski definition) is 10. The second kappa shape index (κ2) is 20.8. The summed E-state index contributed by atoms with van der Waals surface area (Å²) in [5.74, 6) is -5.13. The Balaban J connectivity index is 1.05. The van der Waals surface area contributed by atoms with Crippen molar-refractivity contribution in [3.05, 3.63) is 191 Å². The molecule has 4 amide bonds. The van der Waals surface area contributed by atoms with E-state index in [0.717, 1.165) is 17.9 Å². The molecule has 8 N–H and O–H groups in total. The van der Waals surface area contributed by atoms with Crippen LogP contribution in [0.3, 0.4) is 0 Å². The molecule has 16 nitrogen and oxygen atoms in total. The van der Waals surface area contributed by atoms with E-state index < -0.39 is 23.8 Å². The summed E-state index contributed by atoms with van der Waals surface area (Å²) in [5.41, 5.74) is 2.85. The number of anilines is 6. The number of hydrogen-bond donors (Lipinski definition) is 8. The summed E-state index contributed by atoms with van der Waals surface area (Å²) in [7, 11) is 1.79. The third-order valence-corrected chi connectivity index (χ3v) is 9.99. The number of carboxylic acid groups (broad SMARTS) is 2. The Labute approximate surface area is 383 Å². The second-order valence-electron chi connectivity index (χ2n) is 14.6. The van der Waals surface area contributed by atoms with E-state index in [1.165, 1.54) is 78.9 Å². The SMILES string of the molecule is CCNc1ccc(C(=O)Nc2ccc(NC(=O)c3c(Oc4cccc(Oc5cccc(C(=O)O)c5C(=O)Nc5ccc(C(=O)Nc6ccc(NC)cc6)cc5)c4)cccc3C(=O)O)cc2)cc1. The van der Waals surface area contributed by atoms with Gasteiger partial charge in [0.05, 0.1) is 22.3 Å². The van der Waals surface area contributed by atoms with Gasteiger partial charge in [0.25, 0.3) is 23.6 Å². The molecule has 0 aromatic heterocycles. The number of carbonyl (C=O) groups is 6. The first-order chi connectivity index (χ1) is 32.4. The molecule has 16 heteroatoms. The zero-order chi connectivity index (χ0) is 47.5. The molecular formula is C51H42N6O10. The molecule has 0 aliphatic rings. The molecule has 7 aromatic rings. The van der Waals surface area contributed by atoms with Crippen LogP contribution in [-0.4, -0.2) is 59.4 Å². The Hall–Kier alpha value is -9.44. The molecule has 0 saturated heterocycles. The summed E-state index contributed by atoms with van der Waals surface area (Å²) in [6.07, 6.45) is 0. The highest BCUT2D eigenvalue weighted by Crippen LogP contribution is 2.34. The fourth-order valence-corrected chi connectivity index (χ4v) is 6.71. The van der Waals surface area contributed by atoms with Gasteiger partial charge in [0, 0.05) is 64.9 Å². The highest BCUT2D eigenvalue weighted by Gasteiger charge is 2.25. The Bertz CT molecular complexity index is 2980. The summed E-state index contributed by atoms with van der Waals surface area (Å²) in [6.45, 7) is 2.71. The van der Waals surface area contributed by atoms with Crippen LogP contribution < -0.4 is 41.4 Å². The summed E-state index contributed by atoms with van der Waals surface area (Å²) < 4.78 is 12.2. The average molecular weight is 899 g/mol. The van der Waals surface area contributed by atoms with Crippen LogP contribution in [0.5, 0.6) is 23.0 Å². The van der Waals surface area contributed by atoms with Gasteiger partial charge in [0.15, 0.2) is 0 Å². The van der Waals surface area contributed by atoms with Crippen LogP contribution in [0.15, 0.2) is 158 Å². The Morgan fingerprint density at radius 3 is 1.15 bits per heavy atom. The number of nitrogens with one attached hydrogen (secondary N) is 6. The van der Waals surface area contributed by atoms with Crippen molar-refractivity contribution in [3.8, 4) is 23.0 Å². The molecule has 0 saturated carbocycles. The van der Waals surface area contributed by atoms with Gasteiger partial charge in [-0.3, -0.25) is 19.2 Å². The van der Waals surface area contributed by atoms with Gasteiger partial charge in [-0.15, -0.1) is 0 Å². The summed E-state index contributed by atoms with van der Waals surface area (Å²) in [6, 6.07) is 40.6. The molecule has 0 unspecified atom stereocenters. The van der Waals surface area contributed by atoms with Crippen LogP contribution in [0, 0.1) is 0 Å². The number of amides is 4. The highest BCUT2D eigenvalue weighted by atomic mass is 16.5. The van der Waals surface area contributed by atoms with E-state index in [2.05, 4.69) is 31.9 Å². The van der Waals surface area contributed by atoms with Crippen molar-refractivity contribution in [3.63, 3.8) is 0 Å². The molecule has 0 atom stereocenters. The van der Waals surface area contributed by atoms with E-state index >= 15 is 0 Å². The third-order valence-electron chi connectivity index (χ3n) is 9.99. The first-order valence-corrected chi connectivity index (χ1v) is 20.6. The summed E-state index contributed by atoms with van der Waals surface area (Å²) in [4.78, 5) is 77.9. The molecule has 0 radical (unpaired) electrons. The van der Waals surface area contributed by atoms with Crippen molar-refractivity contribution in [2.75, 3.05) is 45.5 Å². The van der Waals surface area contributed by atoms with Crippen molar-refractivity contribution in [1.82, 2.24) is 0 Å². The smallest absolute Gasteiger partial charge is 0.336 e. The van der Waals surface area contributed by atoms with E-state index in [4.69, 9.17) is 9.47 Å². The molecule has 67 heavy (non-hydrogen) atoms. The van der Waals surface area contributed by atoms with Crippen LogP contribution in [0.2, 0.25) is 0 Å². The molecule has 0 spiro atoms. The van der Waals surface area contributed by atoms with Crippen LogP contribution in [0.4, 0.5) is 34.1 Å². The highest BCUT2D eigenvalue weighted by molar-refractivity contribution is 6.14. The van der Waals surface area contributed by atoms with Crippen molar-refractivity contribution in [1.29, 1.82) is 0 Å². The number of benzene rings is 7. The van der Waals surface area contributed by atoms with E-state index in [-0.39, 0.29) is 62.8 Å². The Kier molecular flexibility index (Phi) is 14.2. The van der Waals surface area contributed by atoms with Gasteiger partial charge in [-0.25, -0.2) is 9.59 Å². The zero-order valence-electron chi connectivity index (χ0n) is 35.9. The lowest BCUT2D eigenvalue weighted by molar-refractivity contribution is 0.0683. The topological polar surface area (TPSA) is 234 Å². The van der Waals surface area contributed by atoms with Crippen molar-refractivity contribution < 1.29 is 48.5 Å². The number of ether oxygens (including phenoxy) is 2. The van der Waals surface area contributed by atoms with Crippen LogP contribution >= 0.6 is 0 Å². The lowest BCUT2D eigenvalue weighted by Crippen LogP contribution is -2.18. The minimum absolute atomic E-state index is 0.100. The fourth-order valence-electron chi connectivity index (χ4n) is 6.71. The minimum Gasteiger partial charge on any atom is -0.478 e. The molecule has 0 fully saturated rings. The fraction of sp³-hybridized carbons (Fsp3) is 0.0588. The number of rotatable bonds is 17. The maximum absolute atomic E-state index is 13.8. The first-order valence-electron chi connectivity index (χ1n) is 20.6. The van der Waals surface area contributed by atoms with Crippen LogP contribution in [-0.2, 0) is 0 Å². The zero-order valence-corrected chi connectivity index (χ0v) is 35.9. The van der Waals surface area contributed by atoms with Gasteiger partial charge in [-0.2, -0.15) is 0 Å². The van der Waals surface area contributed by atoms with E-state index in [0.29, 0.717) is 28.2 Å². The van der Waals surface area contributed by atoms with Crippen molar-refractivity contribution in [2.24, 2.45) is 0 Å². The number of carbonyl (C=O) groups excluding carboxylic acids is 4. The quantitative estimate of drug-likeness (QED) is 0.0427. The molecule has 7 aromatic carbocycles. The van der Waals surface area contributed by atoms with E-state index in [1.54, 1.807) is 73.8 Å². The Morgan fingerprint density at radius 2 is 0.776 bits per heavy atom. The predicted octanol–water partition coefficient (Wildman–Crippen LogP) is 10.2. The number of aromatic carboxylic acids is 2. The summed E-state index contributed by atoms with van der Waals surface area (Å²) in [5, 5.41) is 37.3. The monoisotopic (exact) mass is 898 g/mol. The normalized spacial score (nSPS) is 10.5. The van der Waals surface area contributed by atoms with Gasteiger partial charge in [0.1, 0.15) is 23.0 Å². The van der Waals surface area contributed by atoms with Crippen molar-refractivity contribution >= 4 is 69.7 Å². The van der Waals surface area contributed by atoms with E-state index in [9.17, 15) is 39.0 Å². The molecule has 7 rings (SSSR count). The van der Waals surface area contributed by atoms with Gasteiger partial charge in [0.2, 0.25) is 0 Å². The van der Waals surface area contributed by atoms with Gasteiger partial charge < -0.3 is 51.6 Å². The van der Waals surface area contributed by atoms with Gasteiger partial charge in [-0.1, -0.05) is 18.2 Å². The van der Waals surface area contributed by atoms with Gasteiger partial charge >= 0.3 is 11.9 Å². The number of carboxylic acids is 2. The first kappa shape index (κ1) is 45.6. The molecule has 0 heterocycles. The predicted molar refractivity (Wildman–Crippen MR) is 255 cm³/mol. The van der Waals surface area contributed by atoms with Crippen LogP contribution in [0.25, 0.3) is 0 Å². The van der Waals surface area contributed by atoms with E-state index in [1.807, 2.05) is 19.1 Å². The maximum Gasteiger partial charge on any atom is 0.336 e. The third kappa shape index (κ3) is 11.4. The average Bonchev–Trinajstić information content (AvgIpc) is 3.32. The summed E-state index contributed by atoms with van der Waals surface area (Å²) >= 11 is 0. The molecule has 0 aliphatic heterocycles. The molecule has 0 aliphatic carbocycles.